The van der Waals surface area contributed by atoms with Crippen LogP contribution in [-0.2, 0) is 47.4 Å². The molecule has 5 heterocycles. The summed E-state index contributed by atoms with van der Waals surface area (Å²) in [6.07, 6.45) is -19.4. The Bertz CT molecular complexity index is 1920. The van der Waals surface area contributed by atoms with Gasteiger partial charge in [-0.25, -0.2) is 0 Å². The second kappa shape index (κ2) is 22.4. The molecule has 0 aromatic carbocycles. The third kappa shape index (κ3) is 10.1. The molecule has 8 fully saturated rings. The zero-order valence-electron chi connectivity index (χ0n) is 43.7. The van der Waals surface area contributed by atoms with Gasteiger partial charge >= 0.3 is 0 Å². The van der Waals surface area contributed by atoms with Crippen LogP contribution in [0, 0.1) is 46.3 Å². The molecule has 0 aromatic rings. The average Bonchev–Trinajstić information content (AvgIpc) is 3.84. The molecule has 426 valence electrons. The van der Waals surface area contributed by atoms with Gasteiger partial charge in [0, 0.05) is 19.4 Å². The Morgan fingerprint density at radius 2 is 1.24 bits per heavy atom. The number of methoxy groups -OCH3 is 1. The van der Waals surface area contributed by atoms with Crippen LogP contribution >= 0.6 is 0 Å². The summed E-state index contributed by atoms with van der Waals surface area (Å²) < 4.78 is 61.5. The molecular formula is C52H86O22. The Hall–Kier alpha value is -1.14. The van der Waals surface area contributed by atoms with E-state index in [4.69, 9.17) is 47.4 Å². The molecule has 0 spiro atoms. The highest BCUT2D eigenvalue weighted by Crippen LogP contribution is 2.70. The van der Waals surface area contributed by atoms with Crippen molar-refractivity contribution in [3.8, 4) is 0 Å². The average molecular weight is 1060 g/mol. The van der Waals surface area contributed by atoms with Crippen LogP contribution in [-0.4, -0.2) is 229 Å². The first-order valence-electron chi connectivity index (χ1n) is 27.2. The predicted molar refractivity (Wildman–Crippen MR) is 254 cm³/mol. The van der Waals surface area contributed by atoms with Crippen molar-refractivity contribution in [2.24, 2.45) is 46.3 Å². The molecule has 22 nitrogen and oxygen atoms in total. The molecule has 12 N–H and O–H groups in total. The zero-order valence-corrected chi connectivity index (χ0v) is 43.7. The molecular weight excluding hydrogens is 977 g/mol. The molecule has 5 aliphatic heterocycles. The summed E-state index contributed by atoms with van der Waals surface area (Å²) in [5, 5.41) is 127. The second-order valence-electron chi connectivity index (χ2n) is 24.0. The van der Waals surface area contributed by atoms with Gasteiger partial charge < -0.3 is 109 Å². The minimum absolute atomic E-state index is 0.00465. The molecule has 74 heavy (non-hydrogen) atoms. The SMILES string of the molecule is COC1(CCC(C)COC2OC(CO)C(O)C(O)C2O)O[C@H]2C[C@H]3[C@@H]4CC=C5CC(OC6OC(CO)C(OC7OC(C)C(O)C(O)C7O)C(O)C6OC6OC(C)C(O)C(O)C6O)CC[C@]5(C)[C@H]4CC[C@]3(C)[C@H]2[C@@H]1C. The zero-order chi connectivity index (χ0) is 53.5. The highest BCUT2D eigenvalue weighted by molar-refractivity contribution is 5.26. The topological polar surface area (TPSA) is 335 Å². The maximum absolute atomic E-state index is 12.1. The van der Waals surface area contributed by atoms with Gasteiger partial charge in [0.1, 0.15) is 85.5 Å². The van der Waals surface area contributed by atoms with Crippen molar-refractivity contribution < 1.29 is 109 Å². The van der Waals surface area contributed by atoms with E-state index in [9.17, 15) is 61.3 Å². The number of fused-ring (bicyclic) bond motifs is 7. The predicted octanol–water partition coefficient (Wildman–Crippen LogP) is -1.33. The fourth-order valence-corrected chi connectivity index (χ4v) is 15.3. The van der Waals surface area contributed by atoms with Gasteiger partial charge in [-0.1, -0.05) is 39.3 Å². The number of aliphatic hydroxyl groups is 12. The normalized spacial score (nSPS) is 54.9. The van der Waals surface area contributed by atoms with E-state index in [2.05, 4.69) is 26.8 Å². The molecule has 0 aromatic heterocycles. The minimum Gasteiger partial charge on any atom is -0.394 e. The molecule has 31 atom stereocenters. The number of hydrogen-bond acceptors (Lipinski definition) is 22. The summed E-state index contributed by atoms with van der Waals surface area (Å²) in [6, 6.07) is 0. The number of allylic oxidation sites excluding steroid dienone is 1. The summed E-state index contributed by atoms with van der Waals surface area (Å²) >= 11 is 0. The molecule has 23 unspecified atom stereocenters. The summed E-state index contributed by atoms with van der Waals surface area (Å²) in [5.74, 6) is 0.884. The van der Waals surface area contributed by atoms with E-state index in [1.165, 1.54) is 19.4 Å². The van der Waals surface area contributed by atoms with Crippen molar-refractivity contribution in [1.82, 2.24) is 0 Å². The lowest BCUT2D eigenvalue weighted by Gasteiger charge is -2.58. The lowest BCUT2D eigenvalue weighted by molar-refractivity contribution is -0.388. The van der Waals surface area contributed by atoms with Crippen LogP contribution in [0.4, 0.5) is 0 Å². The van der Waals surface area contributed by atoms with Gasteiger partial charge in [0.25, 0.3) is 0 Å². The highest BCUT2D eigenvalue weighted by atomic mass is 16.8. The largest absolute Gasteiger partial charge is 0.394 e. The van der Waals surface area contributed by atoms with Gasteiger partial charge in [0.2, 0.25) is 0 Å². The Morgan fingerprint density at radius 3 is 1.86 bits per heavy atom. The Balaban J connectivity index is 0.854. The van der Waals surface area contributed by atoms with E-state index in [1.54, 1.807) is 7.11 Å². The molecule has 4 aliphatic carbocycles. The summed E-state index contributed by atoms with van der Waals surface area (Å²) in [7, 11) is 1.72. The van der Waals surface area contributed by atoms with Crippen LogP contribution in [0.2, 0.25) is 0 Å². The van der Waals surface area contributed by atoms with Crippen LogP contribution in [0.1, 0.15) is 99.3 Å². The van der Waals surface area contributed by atoms with Crippen molar-refractivity contribution in [3.63, 3.8) is 0 Å². The first-order valence-corrected chi connectivity index (χ1v) is 27.2. The quantitative estimate of drug-likeness (QED) is 0.0846. The number of aliphatic hydroxyl groups excluding tert-OH is 12. The Kier molecular flexibility index (Phi) is 17.4. The molecule has 9 rings (SSSR count). The number of hydrogen-bond donors (Lipinski definition) is 12. The summed E-state index contributed by atoms with van der Waals surface area (Å²) in [4.78, 5) is 0. The standard InChI is InChI=1S/C52H86O22/c1-21(20-66-46-40(61)39(60)36(57)31(18-53)70-46)10-15-52(65-7)22(2)33-30(74-52)17-29-27-9-8-25-16-26(11-13-50(25,5)28(27)12-14-51(29,33)6)69-49-45(73-48-42(63)38(59)35(56)24(4)68-48)43(64)44(32(19-54)71-49)72-47-41(62)37(58)34(55)23(3)67-47/h8,21-24,26-49,53-64H,9-20H2,1-7H3/t21?,22-,23?,24?,26?,27+,28-,29-,30-,31?,32?,33-,34?,35?,36?,37?,38?,39?,40?,41?,42?,43?,44?,45?,46?,47?,48?,49?,50-,51-,52?/m0/s1. The third-order valence-corrected chi connectivity index (χ3v) is 19.8. The highest BCUT2D eigenvalue weighted by Gasteiger charge is 2.68. The minimum atomic E-state index is -1.74. The van der Waals surface area contributed by atoms with Crippen LogP contribution in [0.3, 0.4) is 0 Å². The maximum atomic E-state index is 12.1. The summed E-state index contributed by atoms with van der Waals surface area (Å²) in [6.45, 7) is 11.1. The van der Waals surface area contributed by atoms with Gasteiger partial charge in [0.15, 0.2) is 30.9 Å². The van der Waals surface area contributed by atoms with E-state index >= 15 is 0 Å². The molecule has 0 amide bonds. The van der Waals surface area contributed by atoms with Crippen LogP contribution < -0.4 is 0 Å². The van der Waals surface area contributed by atoms with Crippen molar-refractivity contribution in [1.29, 1.82) is 0 Å². The van der Waals surface area contributed by atoms with E-state index in [0.717, 1.165) is 32.1 Å². The smallest absolute Gasteiger partial charge is 0.187 e. The van der Waals surface area contributed by atoms with Gasteiger partial charge in [-0.15, -0.1) is 0 Å². The van der Waals surface area contributed by atoms with Crippen LogP contribution in [0.25, 0.3) is 0 Å². The first kappa shape index (κ1) is 57.5. The Morgan fingerprint density at radius 1 is 0.649 bits per heavy atom. The summed E-state index contributed by atoms with van der Waals surface area (Å²) in [5.41, 5.74) is 1.19. The van der Waals surface area contributed by atoms with Crippen LogP contribution in [0.5, 0.6) is 0 Å². The van der Waals surface area contributed by atoms with Crippen molar-refractivity contribution in [2.45, 2.75) is 240 Å². The monoisotopic (exact) mass is 1060 g/mol. The van der Waals surface area contributed by atoms with Crippen LogP contribution in [0.15, 0.2) is 11.6 Å². The van der Waals surface area contributed by atoms with E-state index in [0.29, 0.717) is 43.4 Å². The number of ether oxygens (including phenoxy) is 10. The maximum Gasteiger partial charge on any atom is 0.187 e. The van der Waals surface area contributed by atoms with Gasteiger partial charge in [-0.05, 0) is 106 Å². The van der Waals surface area contributed by atoms with Gasteiger partial charge in [0.05, 0.1) is 44.2 Å². The molecule has 3 saturated carbocycles. The lowest BCUT2D eigenvalue weighted by Crippen LogP contribution is -2.66. The fraction of sp³-hybridized carbons (Fsp3) is 0.962. The Labute approximate surface area is 432 Å². The second-order valence-corrected chi connectivity index (χ2v) is 24.0. The van der Waals surface area contributed by atoms with Gasteiger partial charge in [-0.2, -0.15) is 0 Å². The molecule has 5 saturated heterocycles. The van der Waals surface area contributed by atoms with E-state index in [1.807, 2.05) is 6.92 Å². The molecule has 22 heteroatoms. The van der Waals surface area contributed by atoms with Crippen molar-refractivity contribution in [3.05, 3.63) is 11.6 Å². The van der Waals surface area contributed by atoms with E-state index in [-0.39, 0.29) is 41.3 Å². The fourth-order valence-electron chi connectivity index (χ4n) is 15.3. The number of rotatable bonds is 15. The molecule has 9 aliphatic rings. The van der Waals surface area contributed by atoms with E-state index < -0.39 is 148 Å². The first-order chi connectivity index (χ1) is 35.0. The third-order valence-electron chi connectivity index (χ3n) is 19.8. The van der Waals surface area contributed by atoms with Crippen molar-refractivity contribution in [2.75, 3.05) is 26.9 Å². The lowest BCUT2D eigenvalue weighted by atomic mass is 9.47. The molecule has 0 bridgehead atoms. The van der Waals surface area contributed by atoms with Crippen molar-refractivity contribution >= 4 is 0 Å². The van der Waals surface area contributed by atoms with Gasteiger partial charge in [-0.3, -0.25) is 0 Å². The molecule has 0 radical (unpaired) electrons.